The van der Waals surface area contributed by atoms with Crippen LogP contribution >= 0.6 is 11.6 Å². The van der Waals surface area contributed by atoms with Gasteiger partial charge in [-0.25, -0.2) is 0 Å². The first-order valence-corrected chi connectivity index (χ1v) is 5.06. The van der Waals surface area contributed by atoms with E-state index in [1.165, 1.54) is 5.56 Å². The number of hydrogen-bond acceptors (Lipinski definition) is 2. The number of hydrogen-bond donors (Lipinski definition) is 0. The molecule has 1 rings (SSSR count). The Bertz CT molecular complexity index is 301. The van der Waals surface area contributed by atoms with Gasteiger partial charge in [-0.3, -0.25) is 0 Å². The van der Waals surface area contributed by atoms with Crippen LogP contribution in [0.4, 0.5) is 0 Å². The van der Waals surface area contributed by atoms with Gasteiger partial charge >= 0.3 is 0 Å². The SMILES string of the molecule is CCN(C)Cc1ccc(OC)c(Cl)c1. The largest absolute Gasteiger partial charge is 0.495 e. The Morgan fingerprint density at radius 1 is 1.43 bits per heavy atom. The third-order valence-corrected chi connectivity index (χ3v) is 2.50. The average Bonchev–Trinajstić information content (AvgIpc) is 2.18. The Morgan fingerprint density at radius 2 is 2.14 bits per heavy atom. The summed E-state index contributed by atoms with van der Waals surface area (Å²) in [6.45, 7) is 4.08. The number of methoxy groups -OCH3 is 1. The fourth-order valence-electron chi connectivity index (χ4n) is 1.23. The second-order valence-corrected chi connectivity index (χ2v) is 3.71. The summed E-state index contributed by atoms with van der Waals surface area (Å²) in [5, 5.41) is 0.675. The van der Waals surface area contributed by atoms with E-state index in [0.717, 1.165) is 18.8 Å². The number of nitrogens with zero attached hydrogens (tertiary/aromatic N) is 1. The molecule has 0 aromatic heterocycles. The molecule has 1 aromatic carbocycles. The maximum atomic E-state index is 6.01. The van der Waals surface area contributed by atoms with Crippen molar-refractivity contribution in [3.8, 4) is 5.75 Å². The zero-order valence-corrected chi connectivity index (χ0v) is 9.64. The molecule has 0 bridgehead atoms. The van der Waals surface area contributed by atoms with Crippen LogP contribution in [0.3, 0.4) is 0 Å². The molecule has 0 unspecified atom stereocenters. The first kappa shape index (κ1) is 11.3. The van der Waals surface area contributed by atoms with E-state index < -0.39 is 0 Å². The summed E-state index contributed by atoms with van der Waals surface area (Å²) in [4.78, 5) is 2.22. The van der Waals surface area contributed by atoms with Gasteiger partial charge in [0.05, 0.1) is 12.1 Å². The summed E-state index contributed by atoms with van der Waals surface area (Å²) in [6.07, 6.45) is 0. The predicted octanol–water partition coefficient (Wildman–Crippen LogP) is 2.80. The Kier molecular flexibility index (Phi) is 4.23. The highest BCUT2D eigenvalue weighted by Crippen LogP contribution is 2.25. The smallest absolute Gasteiger partial charge is 0.137 e. The van der Waals surface area contributed by atoms with E-state index in [9.17, 15) is 0 Å². The van der Waals surface area contributed by atoms with Crippen LogP contribution in [0.5, 0.6) is 5.75 Å². The highest BCUT2D eigenvalue weighted by molar-refractivity contribution is 6.32. The fraction of sp³-hybridized carbons (Fsp3) is 0.455. The lowest BCUT2D eigenvalue weighted by Gasteiger charge is -2.14. The van der Waals surface area contributed by atoms with Crippen molar-refractivity contribution in [3.05, 3.63) is 28.8 Å². The second-order valence-electron chi connectivity index (χ2n) is 3.30. The minimum Gasteiger partial charge on any atom is -0.495 e. The third kappa shape index (κ3) is 2.89. The van der Waals surface area contributed by atoms with Gasteiger partial charge in [-0.1, -0.05) is 24.6 Å². The van der Waals surface area contributed by atoms with E-state index in [2.05, 4.69) is 18.9 Å². The van der Waals surface area contributed by atoms with Crippen molar-refractivity contribution >= 4 is 11.6 Å². The third-order valence-electron chi connectivity index (χ3n) is 2.21. The van der Waals surface area contributed by atoms with Gasteiger partial charge in [0.25, 0.3) is 0 Å². The molecule has 0 N–H and O–H groups in total. The summed E-state index contributed by atoms with van der Waals surface area (Å²) >= 11 is 6.01. The van der Waals surface area contributed by atoms with E-state index in [-0.39, 0.29) is 0 Å². The zero-order chi connectivity index (χ0) is 10.6. The molecule has 0 radical (unpaired) electrons. The van der Waals surface area contributed by atoms with Gasteiger partial charge in [0.2, 0.25) is 0 Å². The fourth-order valence-corrected chi connectivity index (χ4v) is 1.51. The molecule has 14 heavy (non-hydrogen) atoms. The molecule has 0 spiro atoms. The molecule has 0 amide bonds. The Hall–Kier alpha value is -0.730. The molecule has 0 aliphatic rings. The van der Waals surface area contributed by atoms with Crippen molar-refractivity contribution in [2.24, 2.45) is 0 Å². The maximum absolute atomic E-state index is 6.01. The molecule has 0 saturated heterocycles. The minimum absolute atomic E-state index is 0.675. The van der Waals surface area contributed by atoms with Crippen LogP contribution < -0.4 is 4.74 Å². The second kappa shape index (κ2) is 5.23. The molecule has 0 fully saturated rings. The quantitative estimate of drug-likeness (QED) is 0.763. The number of benzene rings is 1. The summed E-state index contributed by atoms with van der Waals surface area (Å²) in [6, 6.07) is 5.89. The average molecular weight is 214 g/mol. The predicted molar refractivity (Wildman–Crippen MR) is 60.0 cm³/mol. The van der Waals surface area contributed by atoms with Crippen LogP contribution in [-0.2, 0) is 6.54 Å². The highest BCUT2D eigenvalue weighted by atomic mass is 35.5. The Balaban J connectivity index is 2.76. The van der Waals surface area contributed by atoms with Crippen molar-refractivity contribution < 1.29 is 4.74 Å². The molecule has 0 atom stereocenters. The Morgan fingerprint density at radius 3 is 2.64 bits per heavy atom. The number of rotatable bonds is 4. The molecular weight excluding hydrogens is 198 g/mol. The van der Waals surface area contributed by atoms with Crippen molar-refractivity contribution in [2.45, 2.75) is 13.5 Å². The Labute approximate surface area is 90.4 Å². The lowest BCUT2D eigenvalue weighted by molar-refractivity contribution is 0.345. The molecule has 0 saturated carbocycles. The van der Waals surface area contributed by atoms with Gasteiger partial charge in [-0.2, -0.15) is 0 Å². The van der Waals surface area contributed by atoms with Crippen LogP contribution in [0.15, 0.2) is 18.2 Å². The van der Waals surface area contributed by atoms with E-state index >= 15 is 0 Å². The molecule has 1 aromatic rings. The van der Waals surface area contributed by atoms with Crippen molar-refractivity contribution in [1.82, 2.24) is 4.90 Å². The molecule has 2 nitrogen and oxygen atoms in total. The molecular formula is C11H16ClNO. The normalized spacial score (nSPS) is 10.6. The molecule has 78 valence electrons. The van der Waals surface area contributed by atoms with Crippen LogP contribution in [-0.4, -0.2) is 25.6 Å². The van der Waals surface area contributed by atoms with E-state index in [4.69, 9.17) is 16.3 Å². The topological polar surface area (TPSA) is 12.5 Å². The highest BCUT2D eigenvalue weighted by Gasteiger charge is 2.03. The number of ether oxygens (including phenoxy) is 1. The van der Waals surface area contributed by atoms with Crippen LogP contribution in [0.25, 0.3) is 0 Å². The monoisotopic (exact) mass is 213 g/mol. The molecule has 0 aliphatic carbocycles. The van der Waals surface area contributed by atoms with Gasteiger partial charge in [0.15, 0.2) is 0 Å². The molecule has 3 heteroatoms. The standard InChI is InChI=1S/C11H16ClNO/c1-4-13(2)8-9-5-6-11(14-3)10(12)7-9/h5-7H,4,8H2,1-3H3. The van der Waals surface area contributed by atoms with Crippen LogP contribution in [0.1, 0.15) is 12.5 Å². The summed E-state index contributed by atoms with van der Waals surface area (Å²) in [7, 11) is 3.71. The van der Waals surface area contributed by atoms with Crippen molar-refractivity contribution in [1.29, 1.82) is 0 Å². The van der Waals surface area contributed by atoms with E-state index in [0.29, 0.717) is 5.02 Å². The lowest BCUT2D eigenvalue weighted by Crippen LogP contribution is -2.16. The van der Waals surface area contributed by atoms with Crippen LogP contribution in [0.2, 0.25) is 5.02 Å². The van der Waals surface area contributed by atoms with E-state index in [1.54, 1.807) is 7.11 Å². The minimum atomic E-state index is 0.675. The van der Waals surface area contributed by atoms with Gasteiger partial charge in [-0.05, 0) is 31.3 Å². The van der Waals surface area contributed by atoms with E-state index in [1.807, 2.05) is 18.2 Å². The summed E-state index contributed by atoms with van der Waals surface area (Å²) in [5.41, 5.74) is 1.21. The molecule has 0 heterocycles. The van der Waals surface area contributed by atoms with Crippen LogP contribution in [0, 0.1) is 0 Å². The van der Waals surface area contributed by atoms with Gasteiger partial charge < -0.3 is 9.64 Å². The lowest BCUT2D eigenvalue weighted by atomic mass is 10.2. The maximum Gasteiger partial charge on any atom is 0.137 e. The first-order chi connectivity index (χ1) is 6.67. The number of halogens is 1. The van der Waals surface area contributed by atoms with Gasteiger partial charge in [-0.15, -0.1) is 0 Å². The van der Waals surface area contributed by atoms with Crippen molar-refractivity contribution in [2.75, 3.05) is 20.7 Å². The van der Waals surface area contributed by atoms with Gasteiger partial charge in [0.1, 0.15) is 5.75 Å². The summed E-state index contributed by atoms with van der Waals surface area (Å²) < 4.78 is 5.09. The van der Waals surface area contributed by atoms with Crippen molar-refractivity contribution in [3.63, 3.8) is 0 Å². The first-order valence-electron chi connectivity index (χ1n) is 4.68. The summed E-state index contributed by atoms with van der Waals surface area (Å²) in [5.74, 6) is 0.731. The van der Waals surface area contributed by atoms with Gasteiger partial charge in [0, 0.05) is 6.54 Å². The molecule has 0 aliphatic heterocycles. The zero-order valence-electron chi connectivity index (χ0n) is 8.88.